The van der Waals surface area contributed by atoms with E-state index in [1.54, 1.807) is 0 Å². The Hall–Kier alpha value is -1.37. The van der Waals surface area contributed by atoms with Crippen LogP contribution in [0.2, 0.25) is 10.0 Å². The minimum Gasteiger partial charge on any atom is -0.392 e. The van der Waals surface area contributed by atoms with Gasteiger partial charge in [-0.1, -0.05) is 23.2 Å². The molecule has 0 aliphatic carbocycles. The number of rotatable bonds is 3. The van der Waals surface area contributed by atoms with Crippen molar-refractivity contribution >= 4 is 23.2 Å². The molecule has 0 radical (unpaired) electrons. The van der Waals surface area contributed by atoms with Gasteiger partial charge in [0.15, 0.2) is 0 Å². The molecule has 0 bridgehead atoms. The highest BCUT2D eigenvalue weighted by atomic mass is 35.5. The number of halogens is 5. The fourth-order valence-corrected chi connectivity index (χ4v) is 2.11. The first kappa shape index (κ1) is 15.0. The third-order valence-corrected chi connectivity index (χ3v) is 3.31. The topological polar surface area (TPSA) is 46.0 Å². The lowest BCUT2D eigenvalue weighted by Crippen LogP contribution is -1.99. The predicted octanol–water partition coefficient (Wildman–Crippen LogP) is 4.02. The van der Waals surface area contributed by atoms with Crippen LogP contribution in [-0.2, 0) is 6.61 Å². The van der Waals surface area contributed by atoms with Gasteiger partial charge in [-0.3, -0.25) is 0 Å². The quantitative estimate of drug-likeness (QED) is 0.928. The summed E-state index contributed by atoms with van der Waals surface area (Å²) in [5, 5.41) is 8.68. The largest absolute Gasteiger partial charge is 0.392 e. The van der Waals surface area contributed by atoms with Gasteiger partial charge in [-0.25, -0.2) is 23.1 Å². The molecular formula is C12H7Cl2F3N2O. The van der Waals surface area contributed by atoms with Crippen LogP contribution >= 0.6 is 23.2 Å². The van der Waals surface area contributed by atoms with Crippen LogP contribution in [0.25, 0.3) is 11.3 Å². The molecule has 1 aromatic carbocycles. The molecule has 0 atom stereocenters. The summed E-state index contributed by atoms with van der Waals surface area (Å²) in [6.45, 7) is -0.434. The number of hydrogen-bond donors (Lipinski definition) is 1. The van der Waals surface area contributed by atoms with Crippen molar-refractivity contribution in [3.63, 3.8) is 0 Å². The van der Waals surface area contributed by atoms with E-state index in [0.717, 1.165) is 12.4 Å². The van der Waals surface area contributed by atoms with Gasteiger partial charge in [0.25, 0.3) is 6.43 Å². The molecule has 2 rings (SSSR count). The summed E-state index contributed by atoms with van der Waals surface area (Å²) in [4.78, 5) is 7.08. The normalized spacial score (nSPS) is 11.2. The van der Waals surface area contributed by atoms with Gasteiger partial charge in [0.1, 0.15) is 17.8 Å². The Morgan fingerprint density at radius 2 is 1.90 bits per heavy atom. The van der Waals surface area contributed by atoms with Gasteiger partial charge in [0, 0.05) is 10.6 Å². The minimum absolute atomic E-state index is 0.0213. The molecule has 0 fully saturated rings. The fraction of sp³-hybridized carbons (Fsp3) is 0.167. The molecule has 0 unspecified atom stereocenters. The van der Waals surface area contributed by atoms with E-state index in [4.69, 9.17) is 28.3 Å². The summed E-state index contributed by atoms with van der Waals surface area (Å²) in [6.07, 6.45) is -2.04. The monoisotopic (exact) mass is 322 g/mol. The van der Waals surface area contributed by atoms with E-state index in [0.29, 0.717) is 0 Å². The van der Waals surface area contributed by atoms with E-state index in [9.17, 15) is 13.2 Å². The number of benzene rings is 1. The van der Waals surface area contributed by atoms with Crippen molar-refractivity contribution in [2.45, 2.75) is 13.0 Å². The average molecular weight is 323 g/mol. The SMILES string of the molecule is OCc1cc(-c2ncnc(C(F)F)c2Cl)c(F)cc1Cl. The van der Waals surface area contributed by atoms with E-state index in [-0.39, 0.29) is 21.8 Å². The molecule has 0 aliphatic heterocycles. The average Bonchev–Trinajstić information content (AvgIpc) is 2.39. The molecule has 20 heavy (non-hydrogen) atoms. The van der Waals surface area contributed by atoms with Crippen LogP contribution in [-0.4, -0.2) is 15.1 Å². The van der Waals surface area contributed by atoms with Crippen molar-refractivity contribution in [3.8, 4) is 11.3 Å². The van der Waals surface area contributed by atoms with E-state index in [2.05, 4.69) is 9.97 Å². The Morgan fingerprint density at radius 1 is 1.20 bits per heavy atom. The second-order valence-electron chi connectivity index (χ2n) is 3.80. The minimum atomic E-state index is -2.91. The van der Waals surface area contributed by atoms with Gasteiger partial charge in [-0.2, -0.15) is 0 Å². The Morgan fingerprint density at radius 3 is 2.50 bits per heavy atom. The van der Waals surface area contributed by atoms with Gasteiger partial charge in [0.2, 0.25) is 0 Å². The Balaban J connectivity index is 2.66. The van der Waals surface area contributed by atoms with Gasteiger partial charge < -0.3 is 5.11 Å². The fourth-order valence-electron chi connectivity index (χ4n) is 1.62. The summed E-state index contributed by atoms with van der Waals surface area (Å²) in [7, 11) is 0. The first-order valence-electron chi connectivity index (χ1n) is 5.33. The molecule has 1 heterocycles. The van der Waals surface area contributed by atoms with Gasteiger partial charge in [0.05, 0.1) is 17.3 Å². The van der Waals surface area contributed by atoms with Crippen molar-refractivity contribution < 1.29 is 18.3 Å². The molecule has 2 aromatic rings. The summed E-state index contributed by atoms with van der Waals surface area (Å²) in [6, 6.07) is 2.17. The third-order valence-electron chi connectivity index (χ3n) is 2.58. The summed E-state index contributed by atoms with van der Waals surface area (Å²) in [5.74, 6) is -0.784. The first-order chi connectivity index (χ1) is 9.45. The molecule has 1 N–H and O–H groups in total. The molecule has 106 valence electrons. The molecular weight excluding hydrogens is 316 g/mol. The number of alkyl halides is 2. The Labute approximate surface area is 122 Å². The maximum Gasteiger partial charge on any atom is 0.281 e. The zero-order chi connectivity index (χ0) is 14.9. The molecule has 3 nitrogen and oxygen atoms in total. The second kappa shape index (κ2) is 5.95. The van der Waals surface area contributed by atoms with Crippen LogP contribution in [0.4, 0.5) is 13.2 Å². The van der Waals surface area contributed by atoms with Gasteiger partial charge in [-0.15, -0.1) is 0 Å². The van der Waals surface area contributed by atoms with E-state index < -0.39 is 29.6 Å². The van der Waals surface area contributed by atoms with Crippen molar-refractivity contribution in [1.82, 2.24) is 9.97 Å². The molecule has 0 saturated heterocycles. The van der Waals surface area contributed by atoms with E-state index in [1.165, 1.54) is 6.07 Å². The molecule has 0 aliphatic rings. The Bertz CT molecular complexity index is 653. The van der Waals surface area contributed by atoms with Crippen LogP contribution in [0.5, 0.6) is 0 Å². The predicted molar refractivity (Wildman–Crippen MR) is 68.3 cm³/mol. The highest BCUT2D eigenvalue weighted by Gasteiger charge is 2.21. The third kappa shape index (κ3) is 2.72. The van der Waals surface area contributed by atoms with Crippen LogP contribution in [0, 0.1) is 5.82 Å². The van der Waals surface area contributed by atoms with Crippen molar-refractivity contribution in [2.75, 3.05) is 0 Å². The maximum atomic E-state index is 13.9. The molecule has 0 saturated carbocycles. The highest BCUT2D eigenvalue weighted by Crippen LogP contribution is 2.35. The number of aliphatic hydroxyl groups is 1. The van der Waals surface area contributed by atoms with Crippen molar-refractivity contribution in [3.05, 3.63) is 45.6 Å². The van der Waals surface area contributed by atoms with Crippen molar-refractivity contribution in [1.29, 1.82) is 0 Å². The smallest absolute Gasteiger partial charge is 0.281 e. The van der Waals surface area contributed by atoms with Crippen LogP contribution in [0.3, 0.4) is 0 Å². The van der Waals surface area contributed by atoms with Gasteiger partial charge >= 0.3 is 0 Å². The van der Waals surface area contributed by atoms with E-state index in [1.807, 2.05) is 0 Å². The summed E-state index contributed by atoms with van der Waals surface area (Å²) < 4.78 is 39.3. The lowest BCUT2D eigenvalue weighted by molar-refractivity contribution is 0.146. The number of aromatic nitrogens is 2. The first-order valence-corrected chi connectivity index (χ1v) is 6.09. The van der Waals surface area contributed by atoms with Crippen LogP contribution in [0.15, 0.2) is 18.5 Å². The zero-order valence-electron chi connectivity index (χ0n) is 9.75. The standard InChI is InChI=1S/C12H7Cl2F3N2O/c13-7-2-8(15)6(1-5(7)3-20)10-9(14)11(12(16)17)19-4-18-10/h1-2,4,12,20H,3H2. The molecule has 0 amide bonds. The van der Waals surface area contributed by atoms with Crippen LogP contribution < -0.4 is 0 Å². The van der Waals surface area contributed by atoms with E-state index >= 15 is 0 Å². The molecule has 1 aromatic heterocycles. The lowest BCUT2D eigenvalue weighted by atomic mass is 10.1. The highest BCUT2D eigenvalue weighted by molar-refractivity contribution is 6.34. The molecule has 0 spiro atoms. The second-order valence-corrected chi connectivity index (χ2v) is 4.59. The maximum absolute atomic E-state index is 13.9. The van der Waals surface area contributed by atoms with Gasteiger partial charge in [-0.05, 0) is 17.7 Å². The Kier molecular flexibility index (Phi) is 4.47. The zero-order valence-corrected chi connectivity index (χ0v) is 11.3. The lowest BCUT2D eigenvalue weighted by Gasteiger charge is -2.10. The molecule has 8 heteroatoms. The summed E-state index contributed by atoms with van der Waals surface area (Å²) >= 11 is 11.5. The summed E-state index contributed by atoms with van der Waals surface area (Å²) in [5.41, 5.74) is -0.763. The van der Waals surface area contributed by atoms with Crippen molar-refractivity contribution in [2.24, 2.45) is 0 Å². The number of nitrogens with zero attached hydrogens (tertiary/aromatic N) is 2. The number of hydrogen-bond acceptors (Lipinski definition) is 3. The van der Waals surface area contributed by atoms with Crippen LogP contribution in [0.1, 0.15) is 17.7 Å². The number of aliphatic hydroxyl groups excluding tert-OH is 1.